The van der Waals surface area contributed by atoms with Crippen molar-refractivity contribution in [3.63, 3.8) is 0 Å². The highest BCUT2D eigenvalue weighted by molar-refractivity contribution is 6.34. The summed E-state index contributed by atoms with van der Waals surface area (Å²) in [6, 6.07) is 25.2. The zero-order valence-electron chi connectivity index (χ0n) is 30.0. The zero-order valence-corrected chi connectivity index (χ0v) is 31.5. The van der Waals surface area contributed by atoms with E-state index in [0.717, 1.165) is 62.9 Å². The molecular formula is C41H55Cl2N7. The molecule has 0 bridgehead atoms. The highest BCUT2D eigenvalue weighted by atomic mass is 35.5. The Bertz CT molecular complexity index is 1540. The number of rotatable bonds is 9. The molecule has 3 aromatic carbocycles. The van der Waals surface area contributed by atoms with Crippen LogP contribution in [0.3, 0.4) is 0 Å². The van der Waals surface area contributed by atoms with Crippen LogP contribution in [0.1, 0.15) is 64.9 Å². The largest absolute Gasteiger partial charge is 0.405 e. The lowest BCUT2D eigenvalue weighted by atomic mass is 9.98. The summed E-state index contributed by atoms with van der Waals surface area (Å²) < 4.78 is 0. The van der Waals surface area contributed by atoms with E-state index in [0.29, 0.717) is 16.1 Å². The summed E-state index contributed by atoms with van der Waals surface area (Å²) in [6.07, 6.45) is 15.7. The van der Waals surface area contributed by atoms with Gasteiger partial charge in [-0.25, -0.2) is 5.01 Å². The average Bonchev–Trinajstić information content (AvgIpc) is 3.81. The number of anilines is 3. The molecule has 0 radical (unpaired) electrons. The normalized spacial score (nSPS) is 17.1. The van der Waals surface area contributed by atoms with Crippen LogP contribution in [0.2, 0.25) is 10.0 Å². The van der Waals surface area contributed by atoms with E-state index in [1.807, 2.05) is 23.5 Å². The first-order valence-corrected chi connectivity index (χ1v) is 18.7. The van der Waals surface area contributed by atoms with E-state index in [9.17, 15) is 0 Å². The molecule has 7 nitrogen and oxygen atoms in total. The van der Waals surface area contributed by atoms with Crippen molar-refractivity contribution in [3.8, 4) is 0 Å². The Balaban J connectivity index is 0.000000229. The number of allylic oxidation sites excluding steroid dienone is 2. The minimum atomic E-state index is 0.354. The van der Waals surface area contributed by atoms with Crippen molar-refractivity contribution in [2.45, 2.75) is 71.8 Å². The Labute approximate surface area is 310 Å². The molecule has 1 saturated heterocycles. The van der Waals surface area contributed by atoms with Crippen LogP contribution >= 0.6 is 23.2 Å². The molecule has 1 unspecified atom stereocenters. The maximum Gasteiger partial charge on any atom is 0.128 e. The lowest BCUT2D eigenvalue weighted by Gasteiger charge is -2.37. The number of benzene rings is 3. The van der Waals surface area contributed by atoms with Gasteiger partial charge in [0.2, 0.25) is 0 Å². The molecule has 3 aromatic rings. The second-order valence-corrected chi connectivity index (χ2v) is 13.9. The number of hydrazone groups is 1. The number of hydrogen-bond acceptors (Lipinski definition) is 7. The predicted molar refractivity (Wildman–Crippen MR) is 217 cm³/mol. The lowest BCUT2D eigenvalue weighted by Crippen LogP contribution is -2.46. The molecule has 268 valence electrons. The number of nitrogens with two attached hydrogens (primary N) is 2. The first-order chi connectivity index (χ1) is 24.3. The summed E-state index contributed by atoms with van der Waals surface area (Å²) >= 11 is 11.1. The van der Waals surface area contributed by atoms with Crippen LogP contribution < -0.4 is 26.2 Å². The Morgan fingerprint density at radius 2 is 1.40 bits per heavy atom. The molecule has 0 aromatic heterocycles. The van der Waals surface area contributed by atoms with E-state index in [1.54, 1.807) is 30.6 Å². The summed E-state index contributed by atoms with van der Waals surface area (Å²) in [5, 5.41) is 7.88. The highest BCUT2D eigenvalue weighted by Gasteiger charge is 2.25. The molecule has 2 fully saturated rings. The SMILES string of the molecule is C=C1N(c2ccc(N3CCN(c4ccc(CC)cc4)CC3)cc2)C=NN1C(C)CC.Clc1cccc(Cl)c1.N/C=C\C(=C/N)CC1CCCC1. The first kappa shape index (κ1) is 38.7. The standard InChI is InChI=1S/C25H33N5.C10H18N2.C6H4Cl2/c1-5-20(3)30-21(4)29(19-26-30)25-13-11-24(12-14-25)28-17-15-27(16-18-28)23-9-7-22(6-2)8-10-23;11-6-5-10(8-12)7-9-3-1-2-4-9;7-5-2-1-3-6(8)4-5/h7-14,19-20H,4-6,15-18H2,1-3H3;5-6,8-9H,1-4,7,11-12H2;1-4H/b;6-5-,10-8+;. The fraction of sp³-hybridized carbons (Fsp3) is 0.390. The van der Waals surface area contributed by atoms with Gasteiger partial charge in [0.25, 0.3) is 0 Å². The fourth-order valence-electron chi connectivity index (χ4n) is 6.42. The molecule has 1 saturated carbocycles. The van der Waals surface area contributed by atoms with E-state index >= 15 is 0 Å². The van der Waals surface area contributed by atoms with Gasteiger partial charge in [-0.15, -0.1) is 0 Å². The maximum atomic E-state index is 5.56. The van der Waals surface area contributed by atoms with Crippen LogP contribution in [0.5, 0.6) is 0 Å². The molecule has 0 amide bonds. The van der Waals surface area contributed by atoms with E-state index in [4.69, 9.17) is 34.7 Å². The maximum absolute atomic E-state index is 5.56. The number of halogens is 2. The third kappa shape index (κ3) is 11.2. The number of hydrogen-bond donors (Lipinski definition) is 2. The molecule has 3 aliphatic rings. The van der Waals surface area contributed by atoms with Crippen LogP contribution in [0.15, 0.2) is 114 Å². The number of nitrogens with zero attached hydrogens (tertiary/aromatic N) is 5. The van der Waals surface area contributed by atoms with Crippen LogP contribution in [-0.2, 0) is 6.42 Å². The Hall–Kier alpha value is -4.07. The van der Waals surface area contributed by atoms with Crippen LogP contribution in [-0.4, -0.2) is 43.6 Å². The highest BCUT2D eigenvalue weighted by Crippen LogP contribution is 2.31. The van der Waals surface area contributed by atoms with Crippen molar-refractivity contribution in [2.75, 3.05) is 40.9 Å². The molecule has 2 aliphatic heterocycles. The number of aryl methyl sites for hydroxylation is 1. The van der Waals surface area contributed by atoms with E-state index in [2.05, 4.69) is 95.7 Å². The molecule has 2 heterocycles. The van der Waals surface area contributed by atoms with Crippen molar-refractivity contribution in [1.82, 2.24) is 5.01 Å². The molecule has 1 aliphatic carbocycles. The Kier molecular flexibility index (Phi) is 15.5. The molecular weight excluding hydrogens is 661 g/mol. The fourth-order valence-corrected chi connectivity index (χ4v) is 6.86. The van der Waals surface area contributed by atoms with Gasteiger partial charge in [-0.05, 0) is 116 Å². The van der Waals surface area contributed by atoms with Crippen molar-refractivity contribution < 1.29 is 0 Å². The number of piperazine rings is 1. The van der Waals surface area contributed by atoms with E-state index < -0.39 is 0 Å². The van der Waals surface area contributed by atoms with Gasteiger partial charge in [0, 0.05) is 53.3 Å². The van der Waals surface area contributed by atoms with Gasteiger partial charge < -0.3 is 21.3 Å². The van der Waals surface area contributed by atoms with Gasteiger partial charge in [0.15, 0.2) is 0 Å². The molecule has 9 heteroatoms. The van der Waals surface area contributed by atoms with E-state index in [1.165, 1.54) is 48.2 Å². The minimum Gasteiger partial charge on any atom is -0.405 e. The van der Waals surface area contributed by atoms with Gasteiger partial charge in [-0.2, -0.15) is 5.10 Å². The lowest BCUT2D eigenvalue weighted by molar-refractivity contribution is 0.286. The minimum absolute atomic E-state index is 0.354. The van der Waals surface area contributed by atoms with Crippen molar-refractivity contribution in [3.05, 3.63) is 125 Å². The third-order valence-corrected chi connectivity index (χ3v) is 10.1. The summed E-state index contributed by atoms with van der Waals surface area (Å²) in [7, 11) is 0. The summed E-state index contributed by atoms with van der Waals surface area (Å²) in [5.74, 6) is 1.76. The predicted octanol–water partition coefficient (Wildman–Crippen LogP) is 9.79. The molecule has 0 spiro atoms. The van der Waals surface area contributed by atoms with Crippen molar-refractivity contribution in [2.24, 2.45) is 22.5 Å². The van der Waals surface area contributed by atoms with E-state index in [-0.39, 0.29) is 0 Å². The van der Waals surface area contributed by atoms with Crippen molar-refractivity contribution >= 4 is 46.6 Å². The van der Waals surface area contributed by atoms with Gasteiger partial charge >= 0.3 is 0 Å². The second-order valence-electron chi connectivity index (χ2n) is 13.0. The van der Waals surface area contributed by atoms with Crippen LogP contribution in [0, 0.1) is 5.92 Å². The summed E-state index contributed by atoms with van der Waals surface area (Å²) in [4.78, 5) is 7.02. The molecule has 50 heavy (non-hydrogen) atoms. The average molecular weight is 717 g/mol. The monoisotopic (exact) mass is 715 g/mol. The smallest absolute Gasteiger partial charge is 0.128 e. The van der Waals surface area contributed by atoms with Gasteiger partial charge in [-0.3, -0.25) is 4.90 Å². The van der Waals surface area contributed by atoms with Crippen LogP contribution in [0.4, 0.5) is 17.1 Å². The van der Waals surface area contributed by atoms with Crippen molar-refractivity contribution in [1.29, 1.82) is 0 Å². The van der Waals surface area contributed by atoms with Gasteiger partial charge in [0.1, 0.15) is 12.2 Å². The zero-order chi connectivity index (χ0) is 35.9. The van der Waals surface area contributed by atoms with Gasteiger partial charge in [0.05, 0.1) is 6.04 Å². The first-order valence-electron chi connectivity index (χ1n) is 18.0. The summed E-state index contributed by atoms with van der Waals surface area (Å²) in [5.41, 5.74) is 17.1. The topological polar surface area (TPSA) is 77.4 Å². The van der Waals surface area contributed by atoms with Gasteiger partial charge in [-0.1, -0.05) is 87.5 Å². The van der Waals surface area contributed by atoms with Crippen LogP contribution in [0.25, 0.3) is 0 Å². The quantitative estimate of drug-likeness (QED) is 0.215. The second kappa shape index (κ2) is 19.9. The third-order valence-electron chi connectivity index (χ3n) is 9.63. The Morgan fingerprint density at radius 1 is 0.860 bits per heavy atom. The molecule has 6 rings (SSSR count). The molecule has 1 atom stereocenters. The summed E-state index contributed by atoms with van der Waals surface area (Å²) in [6.45, 7) is 14.9. The Morgan fingerprint density at radius 3 is 1.86 bits per heavy atom. The molecule has 4 N–H and O–H groups in total.